The monoisotopic (exact) mass is 416 g/mol. The SMILES string of the molecule is CC(=O)N1[C@@H](c2ccccc2)CC[C@@](C)(c2ccccc2)[C@@H]1C(=O)NC1=CCCCC1. The highest BCUT2D eigenvalue weighted by Crippen LogP contribution is 2.46. The van der Waals surface area contributed by atoms with Crippen LogP contribution < -0.4 is 5.32 Å². The molecule has 4 rings (SSSR count). The van der Waals surface area contributed by atoms with Gasteiger partial charge >= 0.3 is 0 Å². The van der Waals surface area contributed by atoms with Crippen LogP contribution >= 0.6 is 0 Å². The van der Waals surface area contributed by atoms with E-state index in [-0.39, 0.29) is 17.9 Å². The van der Waals surface area contributed by atoms with Gasteiger partial charge in [-0.1, -0.05) is 73.7 Å². The molecule has 4 heteroatoms. The molecule has 1 aliphatic heterocycles. The van der Waals surface area contributed by atoms with Gasteiger partial charge in [0.1, 0.15) is 6.04 Å². The van der Waals surface area contributed by atoms with Gasteiger partial charge in [-0.25, -0.2) is 0 Å². The summed E-state index contributed by atoms with van der Waals surface area (Å²) in [6.45, 7) is 3.73. The van der Waals surface area contributed by atoms with Gasteiger partial charge < -0.3 is 10.2 Å². The highest BCUT2D eigenvalue weighted by Gasteiger charge is 2.51. The van der Waals surface area contributed by atoms with Crippen molar-refractivity contribution in [1.82, 2.24) is 10.2 Å². The molecule has 2 amide bonds. The minimum Gasteiger partial charge on any atom is -0.328 e. The summed E-state index contributed by atoms with van der Waals surface area (Å²) in [5.74, 6) is -0.135. The number of hydrogen-bond acceptors (Lipinski definition) is 2. The van der Waals surface area contributed by atoms with Crippen LogP contribution in [0.15, 0.2) is 72.4 Å². The van der Waals surface area contributed by atoms with Gasteiger partial charge in [0, 0.05) is 18.0 Å². The summed E-state index contributed by atoms with van der Waals surface area (Å²) in [4.78, 5) is 28.7. The van der Waals surface area contributed by atoms with Crippen molar-refractivity contribution < 1.29 is 9.59 Å². The van der Waals surface area contributed by atoms with Crippen LogP contribution in [0.4, 0.5) is 0 Å². The lowest BCUT2D eigenvalue weighted by atomic mass is 9.67. The van der Waals surface area contributed by atoms with Gasteiger partial charge in [-0.15, -0.1) is 0 Å². The zero-order chi connectivity index (χ0) is 21.8. The molecule has 1 N–H and O–H groups in total. The topological polar surface area (TPSA) is 49.4 Å². The lowest BCUT2D eigenvalue weighted by molar-refractivity contribution is -0.148. The van der Waals surface area contributed by atoms with Crippen LogP contribution in [0, 0.1) is 0 Å². The highest BCUT2D eigenvalue weighted by atomic mass is 16.2. The summed E-state index contributed by atoms with van der Waals surface area (Å²) < 4.78 is 0. The van der Waals surface area contributed by atoms with E-state index in [0.29, 0.717) is 0 Å². The zero-order valence-electron chi connectivity index (χ0n) is 18.5. The van der Waals surface area contributed by atoms with Gasteiger partial charge in [0.05, 0.1) is 6.04 Å². The number of rotatable bonds is 4. The first-order chi connectivity index (χ1) is 15.0. The fourth-order valence-corrected chi connectivity index (χ4v) is 5.32. The standard InChI is InChI=1S/C27H32N2O2/c1-20(30)29-24(21-12-6-3-7-13-21)18-19-27(2,22-14-8-4-9-15-22)25(29)26(31)28-23-16-10-5-11-17-23/h3-4,6-9,12-16,24-25H,5,10-11,17-19H2,1-2H3,(H,28,31)/t24-,25+,27+/m1/s1. The summed E-state index contributed by atoms with van der Waals surface area (Å²) >= 11 is 0. The summed E-state index contributed by atoms with van der Waals surface area (Å²) in [5, 5.41) is 3.20. The van der Waals surface area contributed by atoms with Crippen LogP contribution in [0.3, 0.4) is 0 Å². The van der Waals surface area contributed by atoms with Crippen LogP contribution in [0.1, 0.15) is 69.5 Å². The van der Waals surface area contributed by atoms with Crippen LogP contribution in [-0.2, 0) is 15.0 Å². The molecule has 1 fully saturated rings. The molecule has 3 atom stereocenters. The average Bonchev–Trinajstić information content (AvgIpc) is 2.80. The summed E-state index contributed by atoms with van der Waals surface area (Å²) in [5.41, 5.74) is 2.72. The number of benzene rings is 2. The Morgan fingerprint density at radius 1 is 1.00 bits per heavy atom. The van der Waals surface area contributed by atoms with Crippen molar-refractivity contribution in [1.29, 1.82) is 0 Å². The van der Waals surface area contributed by atoms with E-state index in [1.807, 2.05) is 41.3 Å². The van der Waals surface area contributed by atoms with Gasteiger partial charge in [0.2, 0.25) is 11.8 Å². The maximum atomic E-state index is 13.8. The third-order valence-electron chi connectivity index (χ3n) is 6.96. The van der Waals surface area contributed by atoms with E-state index >= 15 is 0 Å². The Kier molecular flexibility index (Phi) is 6.26. The number of carbonyl (C=O) groups excluding carboxylic acids is 2. The lowest BCUT2D eigenvalue weighted by Crippen LogP contribution is -2.62. The Hall–Kier alpha value is -2.88. The molecule has 1 saturated heterocycles. The first-order valence-corrected chi connectivity index (χ1v) is 11.4. The first-order valence-electron chi connectivity index (χ1n) is 11.4. The fraction of sp³-hybridized carbons (Fsp3) is 0.407. The van der Waals surface area contributed by atoms with Crippen molar-refractivity contribution >= 4 is 11.8 Å². The second-order valence-corrected chi connectivity index (χ2v) is 9.04. The molecule has 0 bridgehead atoms. The molecule has 2 aliphatic rings. The predicted octanol–water partition coefficient (Wildman–Crippen LogP) is 5.27. The predicted molar refractivity (Wildman–Crippen MR) is 123 cm³/mol. The molecule has 4 nitrogen and oxygen atoms in total. The van der Waals surface area contributed by atoms with Gasteiger partial charge in [-0.05, 0) is 49.7 Å². The summed E-state index contributed by atoms with van der Waals surface area (Å²) in [6, 6.07) is 19.6. The van der Waals surface area contributed by atoms with Crippen molar-refractivity contribution in [2.24, 2.45) is 0 Å². The molecule has 162 valence electrons. The number of likely N-dealkylation sites (tertiary alicyclic amines) is 1. The molecule has 2 aromatic rings. The third-order valence-corrected chi connectivity index (χ3v) is 6.96. The number of hydrogen-bond donors (Lipinski definition) is 1. The molecule has 0 radical (unpaired) electrons. The van der Waals surface area contributed by atoms with Crippen molar-refractivity contribution in [3.05, 3.63) is 83.6 Å². The Balaban J connectivity index is 1.77. The molecular weight excluding hydrogens is 384 g/mol. The van der Waals surface area contributed by atoms with Crippen LogP contribution in [-0.4, -0.2) is 22.8 Å². The minimum atomic E-state index is -0.575. The van der Waals surface area contributed by atoms with Crippen molar-refractivity contribution in [2.75, 3.05) is 0 Å². The van der Waals surface area contributed by atoms with E-state index in [9.17, 15) is 9.59 Å². The second kappa shape index (κ2) is 9.09. The number of carbonyl (C=O) groups is 2. The van der Waals surface area contributed by atoms with Gasteiger partial charge in [-0.2, -0.15) is 0 Å². The molecule has 2 aromatic carbocycles. The number of nitrogens with one attached hydrogen (secondary N) is 1. The van der Waals surface area contributed by atoms with Gasteiger partial charge in [0.25, 0.3) is 0 Å². The number of amides is 2. The Morgan fingerprint density at radius 2 is 1.68 bits per heavy atom. The Bertz CT molecular complexity index is 954. The summed E-state index contributed by atoms with van der Waals surface area (Å²) in [7, 11) is 0. The number of nitrogens with zero attached hydrogens (tertiary/aromatic N) is 1. The van der Waals surface area contributed by atoms with Crippen molar-refractivity contribution in [2.45, 2.75) is 69.9 Å². The lowest BCUT2D eigenvalue weighted by Gasteiger charge is -2.51. The zero-order valence-corrected chi connectivity index (χ0v) is 18.5. The molecule has 0 unspecified atom stereocenters. The largest absolute Gasteiger partial charge is 0.328 e. The molecule has 0 saturated carbocycles. The smallest absolute Gasteiger partial charge is 0.247 e. The van der Waals surface area contributed by atoms with Crippen molar-refractivity contribution in [3.63, 3.8) is 0 Å². The molecule has 1 aliphatic carbocycles. The first kappa shape index (κ1) is 21.4. The van der Waals surface area contributed by atoms with E-state index in [1.54, 1.807) is 6.92 Å². The normalized spacial score (nSPS) is 26.1. The molecular formula is C27H32N2O2. The highest BCUT2D eigenvalue weighted by molar-refractivity contribution is 5.90. The minimum absolute atomic E-state index is 0.0616. The Morgan fingerprint density at radius 3 is 2.29 bits per heavy atom. The quantitative estimate of drug-likeness (QED) is 0.738. The average molecular weight is 417 g/mol. The summed E-state index contributed by atoms with van der Waals surface area (Å²) in [6.07, 6.45) is 7.94. The van der Waals surface area contributed by atoms with Crippen molar-refractivity contribution in [3.8, 4) is 0 Å². The molecule has 0 spiro atoms. The second-order valence-electron chi connectivity index (χ2n) is 9.04. The van der Waals surface area contributed by atoms with E-state index < -0.39 is 11.5 Å². The Labute approximate surface area is 185 Å². The third kappa shape index (κ3) is 4.30. The van der Waals surface area contributed by atoms with E-state index in [4.69, 9.17) is 0 Å². The van der Waals surface area contributed by atoms with Crippen LogP contribution in [0.25, 0.3) is 0 Å². The van der Waals surface area contributed by atoms with Crippen LogP contribution in [0.5, 0.6) is 0 Å². The maximum absolute atomic E-state index is 13.8. The molecule has 1 heterocycles. The number of allylic oxidation sites excluding steroid dienone is 2. The molecule has 31 heavy (non-hydrogen) atoms. The van der Waals surface area contributed by atoms with Gasteiger partial charge in [-0.3, -0.25) is 9.59 Å². The maximum Gasteiger partial charge on any atom is 0.247 e. The molecule has 0 aromatic heterocycles. The van der Waals surface area contributed by atoms with E-state index in [0.717, 1.165) is 48.9 Å². The van der Waals surface area contributed by atoms with E-state index in [1.165, 1.54) is 6.42 Å². The van der Waals surface area contributed by atoms with E-state index in [2.05, 4.69) is 42.6 Å². The fourth-order valence-electron chi connectivity index (χ4n) is 5.32. The van der Waals surface area contributed by atoms with Gasteiger partial charge in [0.15, 0.2) is 0 Å². The van der Waals surface area contributed by atoms with Crippen LogP contribution in [0.2, 0.25) is 0 Å². The number of piperidine rings is 1.